The van der Waals surface area contributed by atoms with Crippen LogP contribution in [0.5, 0.6) is 0 Å². The van der Waals surface area contributed by atoms with Crippen molar-refractivity contribution in [1.29, 1.82) is 0 Å². The van der Waals surface area contributed by atoms with E-state index in [-0.39, 0.29) is 13.2 Å². The van der Waals surface area contributed by atoms with E-state index in [1.807, 2.05) is 44.2 Å². The molecule has 1 aliphatic rings. The van der Waals surface area contributed by atoms with Crippen molar-refractivity contribution in [3.05, 3.63) is 56.7 Å². The van der Waals surface area contributed by atoms with Gasteiger partial charge in [-0.1, -0.05) is 12.1 Å². The first kappa shape index (κ1) is 20.4. The predicted octanol–water partition coefficient (Wildman–Crippen LogP) is 4.46. The highest BCUT2D eigenvalue weighted by Gasteiger charge is 2.36. The van der Waals surface area contributed by atoms with Crippen LogP contribution < -0.4 is 0 Å². The molecule has 0 atom stereocenters. The lowest BCUT2D eigenvalue weighted by molar-refractivity contribution is -0.145. The number of para-hydroxylation sites is 1. The lowest BCUT2D eigenvalue weighted by atomic mass is 10.2. The average Bonchev–Trinajstić information content (AvgIpc) is 3.06. The number of aromatic nitrogens is 1. The Hall–Kier alpha value is -2.32. The maximum atomic E-state index is 12.6. The number of halogens is 1. The minimum absolute atomic E-state index is 0.200. The molecular weight excluding hydrogens is 444 g/mol. The summed E-state index contributed by atoms with van der Waals surface area (Å²) in [5.41, 5.74) is 3.78. The first-order valence-electron chi connectivity index (χ1n) is 8.68. The Morgan fingerprint density at radius 2 is 1.96 bits per heavy atom. The number of thioether (sulfide) groups is 1. The molecular formula is C20H19BrN2O4S. The van der Waals surface area contributed by atoms with Gasteiger partial charge in [0.15, 0.2) is 0 Å². The van der Waals surface area contributed by atoms with Gasteiger partial charge in [-0.15, -0.1) is 0 Å². The Kier molecular flexibility index (Phi) is 6.10. The number of carbonyl (C=O) groups is 3. The summed E-state index contributed by atoms with van der Waals surface area (Å²) in [4.78, 5) is 37.6. The first-order valence-corrected chi connectivity index (χ1v) is 10.3. The second kappa shape index (κ2) is 8.36. The SMILES string of the molecule is CCOC(=O)CN1C(=O)SC(=Cc2cc(C)n(-c3ccccc3Br)c2C)C1=O. The van der Waals surface area contributed by atoms with E-state index in [4.69, 9.17) is 4.74 Å². The monoisotopic (exact) mass is 462 g/mol. The summed E-state index contributed by atoms with van der Waals surface area (Å²) in [6, 6.07) is 9.84. The summed E-state index contributed by atoms with van der Waals surface area (Å²) in [5.74, 6) is -1.08. The Morgan fingerprint density at radius 3 is 2.64 bits per heavy atom. The van der Waals surface area contributed by atoms with Crippen molar-refractivity contribution >= 4 is 50.9 Å². The average molecular weight is 463 g/mol. The third-order valence-corrected chi connectivity index (χ3v) is 5.89. The van der Waals surface area contributed by atoms with Crippen LogP contribution in [-0.4, -0.2) is 39.7 Å². The molecule has 0 saturated carbocycles. The molecule has 28 heavy (non-hydrogen) atoms. The van der Waals surface area contributed by atoms with Gasteiger partial charge in [-0.05, 0) is 78.3 Å². The summed E-state index contributed by atoms with van der Waals surface area (Å²) >= 11 is 4.40. The van der Waals surface area contributed by atoms with Crippen molar-refractivity contribution in [3.63, 3.8) is 0 Å². The standard InChI is InChI=1S/C20H19BrN2O4S/c1-4-27-18(24)11-22-19(25)17(28-20(22)26)10-14-9-12(2)23(13(14)3)16-8-6-5-7-15(16)21/h5-10H,4,11H2,1-3H3. The maximum absolute atomic E-state index is 12.6. The first-order chi connectivity index (χ1) is 13.3. The van der Waals surface area contributed by atoms with Gasteiger partial charge in [0, 0.05) is 15.9 Å². The fourth-order valence-electron chi connectivity index (χ4n) is 3.05. The van der Waals surface area contributed by atoms with E-state index in [1.165, 1.54) is 0 Å². The molecule has 1 aliphatic heterocycles. The minimum Gasteiger partial charge on any atom is -0.465 e. The van der Waals surface area contributed by atoms with Gasteiger partial charge in [0.05, 0.1) is 17.2 Å². The molecule has 0 spiro atoms. The van der Waals surface area contributed by atoms with E-state index in [1.54, 1.807) is 13.0 Å². The normalized spacial score (nSPS) is 15.6. The zero-order valence-electron chi connectivity index (χ0n) is 15.7. The van der Waals surface area contributed by atoms with E-state index >= 15 is 0 Å². The molecule has 146 valence electrons. The zero-order chi connectivity index (χ0) is 20.4. The number of amides is 2. The molecule has 2 heterocycles. The lowest BCUT2D eigenvalue weighted by Crippen LogP contribution is -2.34. The second-order valence-electron chi connectivity index (χ2n) is 6.19. The molecule has 3 rings (SSSR count). The molecule has 6 nitrogen and oxygen atoms in total. The zero-order valence-corrected chi connectivity index (χ0v) is 18.1. The molecule has 1 aromatic heterocycles. The fourth-order valence-corrected chi connectivity index (χ4v) is 4.34. The highest BCUT2D eigenvalue weighted by Crippen LogP contribution is 2.34. The maximum Gasteiger partial charge on any atom is 0.326 e. The molecule has 0 bridgehead atoms. The number of carbonyl (C=O) groups excluding carboxylic acids is 3. The number of hydrogen-bond donors (Lipinski definition) is 0. The quantitative estimate of drug-likeness (QED) is 0.484. The van der Waals surface area contributed by atoms with E-state index in [0.717, 1.165) is 43.8 Å². The third kappa shape index (κ3) is 3.93. The highest BCUT2D eigenvalue weighted by atomic mass is 79.9. The predicted molar refractivity (Wildman–Crippen MR) is 112 cm³/mol. The Labute approximate surface area is 175 Å². The molecule has 0 N–H and O–H groups in total. The lowest BCUT2D eigenvalue weighted by Gasteiger charge is -2.11. The number of benzene rings is 1. The summed E-state index contributed by atoms with van der Waals surface area (Å²) in [6.45, 7) is 5.45. The van der Waals surface area contributed by atoms with Crippen molar-refractivity contribution in [2.45, 2.75) is 20.8 Å². The van der Waals surface area contributed by atoms with Gasteiger partial charge in [-0.2, -0.15) is 0 Å². The van der Waals surface area contributed by atoms with Gasteiger partial charge in [0.2, 0.25) is 0 Å². The highest BCUT2D eigenvalue weighted by molar-refractivity contribution is 9.10. The third-order valence-electron chi connectivity index (χ3n) is 4.32. The van der Waals surface area contributed by atoms with E-state index in [0.29, 0.717) is 4.91 Å². The van der Waals surface area contributed by atoms with Crippen LogP contribution in [0.25, 0.3) is 11.8 Å². The summed E-state index contributed by atoms with van der Waals surface area (Å²) in [6.07, 6.45) is 1.70. The molecule has 8 heteroatoms. The number of nitrogens with zero attached hydrogens (tertiary/aromatic N) is 2. The number of rotatable bonds is 5. The van der Waals surface area contributed by atoms with Gasteiger partial charge < -0.3 is 9.30 Å². The number of ether oxygens (including phenoxy) is 1. The van der Waals surface area contributed by atoms with E-state index in [9.17, 15) is 14.4 Å². The number of imide groups is 1. The Balaban J connectivity index is 1.92. The Bertz CT molecular complexity index is 996. The molecule has 2 aromatic rings. The molecule has 0 radical (unpaired) electrons. The van der Waals surface area contributed by atoms with Gasteiger partial charge in [-0.25, -0.2) is 0 Å². The van der Waals surface area contributed by atoms with Crippen LogP contribution in [0.1, 0.15) is 23.9 Å². The molecule has 0 unspecified atom stereocenters. The van der Waals surface area contributed by atoms with Crippen molar-refractivity contribution < 1.29 is 19.1 Å². The largest absolute Gasteiger partial charge is 0.465 e. The van der Waals surface area contributed by atoms with Crippen LogP contribution >= 0.6 is 27.7 Å². The van der Waals surface area contributed by atoms with Crippen molar-refractivity contribution in [2.24, 2.45) is 0 Å². The summed E-state index contributed by atoms with van der Waals surface area (Å²) in [7, 11) is 0. The van der Waals surface area contributed by atoms with Crippen molar-refractivity contribution in [2.75, 3.05) is 13.2 Å². The molecule has 0 aliphatic carbocycles. The molecule has 1 fully saturated rings. The summed E-state index contributed by atoms with van der Waals surface area (Å²) < 4.78 is 7.87. The fraction of sp³-hybridized carbons (Fsp3) is 0.250. The topological polar surface area (TPSA) is 68.6 Å². The van der Waals surface area contributed by atoms with E-state index < -0.39 is 17.1 Å². The number of hydrogen-bond acceptors (Lipinski definition) is 5. The van der Waals surface area contributed by atoms with Gasteiger partial charge in [0.1, 0.15) is 6.54 Å². The van der Waals surface area contributed by atoms with Crippen LogP contribution in [0.2, 0.25) is 0 Å². The number of aryl methyl sites for hydroxylation is 1. The van der Waals surface area contributed by atoms with Crippen LogP contribution in [0, 0.1) is 13.8 Å². The molecule has 2 amide bonds. The molecule has 1 aromatic carbocycles. The smallest absolute Gasteiger partial charge is 0.326 e. The molecule has 1 saturated heterocycles. The minimum atomic E-state index is -0.599. The number of esters is 1. The van der Waals surface area contributed by atoms with Gasteiger partial charge >= 0.3 is 5.97 Å². The van der Waals surface area contributed by atoms with Crippen LogP contribution in [-0.2, 0) is 14.3 Å². The van der Waals surface area contributed by atoms with Crippen molar-refractivity contribution in [1.82, 2.24) is 9.47 Å². The van der Waals surface area contributed by atoms with Crippen molar-refractivity contribution in [3.8, 4) is 5.69 Å². The van der Waals surface area contributed by atoms with Gasteiger partial charge in [0.25, 0.3) is 11.1 Å². The van der Waals surface area contributed by atoms with Gasteiger partial charge in [-0.3, -0.25) is 19.3 Å². The van der Waals surface area contributed by atoms with E-state index in [2.05, 4.69) is 20.5 Å². The van der Waals surface area contributed by atoms with Crippen LogP contribution in [0.3, 0.4) is 0 Å². The summed E-state index contributed by atoms with van der Waals surface area (Å²) in [5, 5.41) is -0.469. The van der Waals surface area contributed by atoms with Crippen LogP contribution in [0.15, 0.2) is 39.7 Å². The Morgan fingerprint density at radius 1 is 1.25 bits per heavy atom. The second-order valence-corrected chi connectivity index (χ2v) is 8.03. The van der Waals surface area contributed by atoms with Crippen LogP contribution in [0.4, 0.5) is 4.79 Å².